The Balaban J connectivity index is 1.94. The highest BCUT2D eigenvalue weighted by molar-refractivity contribution is 7.15. The van der Waals surface area contributed by atoms with Crippen LogP contribution in [0.4, 0.5) is 0 Å². The van der Waals surface area contributed by atoms with E-state index in [1.807, 2.05) is 24.3 Å². The van der Waals surface area contributed by atoms with Gasteiger partial charge in [-0.3, -0.25) is 0 Å². The van der Waals surface area contributed by atoms with E-state index in [0.717, 1.165) is 9.75 Å². The normalized spacial score (nSPS) is 10.8. The molecule has 0 aliphatic carbocycles. The van der Waals surface area contributed by atoms with Gasteiger partial charge < -0.3 is 0 Å². The molecular formula is C12H10N4S2. The Labute approximate surface area is 112 Å². The average Bonchev–Trinajstić information content (AvgIpc) is 2.98. The second-order valence-corrected chi connectivity index (χ2v) is 6.44. The van der Waals surface area contributed by atoms with Gasteiger partial charge in [-0.2, -0.15) is 0 Å². The van der Waals surface area contributed by atoms with Crippen LogP contribution in [-0.2, 0) is 0 Å². The van der Waals surface area contributed by atoms with Crippen molar-refractivity contribution < 1.29 is 0 Å². The van der Waals surface area contributed by atoms with Gasteiger partial charge >= 0.3 is 0 Å². The molecule has 0 aliphatic rings. The standard InChI is InChI=1S/C12H10N4S2/c1-7-3-5-9(17-7)11-13-15-12(16-14-11)10-6-4-8(2)18-10/h3-6H,1-2H3. The van der Waals surface area contributed by atoms with E-state index in [1.54, 1.807) is 22.7 Å². The molecule has 0 aromatic carbocycles. The predicted molar refractivity (Wildman–Crippen MR) is 73.7 cm³/mol. The summed E-state index contributed by atoms with van der Waals surface area (Å²) in [6, 6.07) is 8.07. The second kappa shape index (κ2) is 4.55. The van der Waals surface area contributed by atoms with Crippen LogP contribution in [0.1, 0.15) is 9.75 Å². The summed E-state index contributed by atoms with van der Waals surface area (Å²) >= 11 is 3.29. The minimum Gasteiger partial charge on any atom is -0.137 e. The summed E-state index contributed by atoms with van der Waals surface area (Å²) in [6.45, 7) is 4.11. The molecule has 0 aliphatic heterocycles. The molecular weight excluding hydrogens is 264 g/mol. The highest BCUT2D eigenvalue weighted by Crippen LogP contribution is 2.26. The van der Waals surface area contributed by atoms with Crippen LogP contribution < -0.4 is 0 Å². The summed E-state index contributed by atoms with van der Waals surface area (Å²) in [4.78, 5) is 4.46. The van der Waals surface area contributed by atoms with Gasteiger partial charge in [0, 0.05) is 9.75 Å². The van der Waals surface area contributed by atoms with E-state index in [-0.39, 0.29) is 0 Å². The van der Waals surface area contributed by atoms with Crippen molar-refractivity contribution >= 4 is 22.7 Å². The largest absolute Gasteiger partial charge is 0.213 e. The molecule has 0 saturated carbocycles. The monoisotopic (exact) mass is 274 g/mol. The van der Waals surface area contributed by atoms with E-state index in [1.165, 1.54) is 9.75 Å². The van der Waals surface area contributed by atoms with Crippen LogP contribution in [0.5, 0.6) is 0 Å². The highest BCUT2D eigenvalue weighted by Gasteiger charge is 2.09. The van der Waals surface area contributed by atoms with Crippen molar-refractivity contribution in [3.8, 4) is 21.4 Å². The molecule has 18 heavy (non-hydrogen) atoms. The van der Waals surface area contributed by atoms with Crippen molar-refractivity contribution in [1.82, 2.24) is 20.4 Å². The zero-order valence-electron chi connectivity index (χ0n) is 9.91. The lowest BCUT2D eigenvalue weighted by Gasteiger charge is -1.95. The van der Waals surface area contributed by atoms with E-state index in [2.05, 4.69) is 34.2 Å². The first-order valence-corrected chi connectivity index (χ1v) is 7.07. The lowest BCUT2D eigenvalue weighted by Crippen LogP contribution is -1.97. The summed E-state index contributed by atoms with van der Waals surface area (Å²) in [7, 11) is 0. The Morgan fingerprint density at radius 1 is 0.667 bits per heavy atom. The van der Waals surface area contributed by atoms with Gasteiger partial charge in [0.15, 0.2) is 0 Å². The van der Waals surface area contributed by atoms with E-state index in [0.29, 0.717) is 11.6 Å². The van der Waals surface area contributed by atoms with Crippen molar-refractivity contribution in [1.29, 1.82) is 0 Å². The topological polar surface area (TPSA) is 51.6 Å². The van der Waals surface area contributed by atoms with Crippen LogP contribution in [0.3, 0.4) is 0 Å². The minimum atomic E-state index is 0.588. The molecule has 3 heterocycles. The average molecular weight is 274 g/mol. The van der Waals surface area contributed by atoms with Gasteiger partial charge in [0.1, 0.15) is 0 Å². The Kier molecular flexibility index (Phi) is 2.89. The number of thiophene rings is 2. The molecule has 0 fully saturated rings. The smallest absolute Gasteiger partial charge is 0.137 e. The molecule has 3 rings (SSSR count). The zero-order chi connectivity index (χ0) is 12.5. The van der Waals surface area contributed by atoms with E-state index < -0.39 is 0 Å². The molecule has 6 heteroatoms. The van der Waals surface area contributed by atoms with E-state index >= 15 is 0 Å². The van der Waals surface area contributed by atoms with Gasteiger partial charge in [-0.25, -0.2) is 0 Å². The molecule has 0 N–H and O–H groups in total. The third-order valence-electron chi connectivity index (χ3n) is 2.40. The number of hydrogen-bond donors (Lipinski definition) is 0. The number of hydrogen-bond acceptors (Lipinski definition) is 6. The fourth-order valence-corrected chi connectivity index (χ4v) is 3.12. The molecule has 0 radical (unpaired) electrons. The summed E-state index contributed by atoms with van der Waals surface area (Å²) in [5.74, 6) is 1.18. The maximum absolute atomic E-state index is 4.14. The van der Waals surface area contributed by atoms with Crippen molar-refractivity contribution in [3.63, 3.8) is 0 Å². The van der Waals surface area contributed by atoms with Crippen LogP contribution in [-0.4, -0.2) is 20.4 Å². The first-order chi connectivity index (χ1) is 8.72. The number of nitrogens with zero attached hydrogens (tertiary/aromatic N) is 4. The number of aryl methyl sites for hydroxylation is 2. The van der Waals surface area contributed by atoms with Crippen LogP contribution >= 0.6 is 22.7 Å². The Hall–Kier alpha value is -1.66. The third-order valence-corrected chi connectivity index (χ3v) is 4.39. The Bertz CT molecular complexity index is 610. The fourth-order valence-electron chi connectivity index (χ4n) is 1.54. The molecule has 0 bridgehead atoms. The fraction of sp³-hybridized carbons (Fsp3) is 0.167. The van der Waals surface area contributed by atoms with Crippen LogP contribution in [0.25, 0.3) is 21.4 Å². The summed E-state index contributed by atoms with van der Waals surface area (Å²) in [5.41, 5.74) is 0. The maximum atomic E-state index is 4.14. The first-order valence-electron chi connectivity index (χ1n) is 5.43. The highest BCUT2D eigenvalue weighted by atomic mass is 32.1. The van der Waals surface area contributed by atoms with Gasteiger partial charge in [-0.05, 0) is 38.1 Å². The third kappa shape index (κ3) is 2.16. The summed E-state index contributed by atoms with van der Waals surface area (Å²) < 4.78 is 0. The van der Waals surface area contributed by atoms with Crippen LogP contribution in [0, 0.1) is 13.8 Å². The van der Waals surface area contributed by atoms with Gasteiger partial charge in [-0.15, -0.1) is 43.1 Å². The van der Waals surface area contributed by atoms with E-state index in [4.69, 9.17) is 0 Å². The first kappa shape index (κ1) is 11.4. The summed E-state index contributed by atoms with van der Waals surface area (Å²) in [5, 5.41) is 16.6. The lowest BCUT2D eigenvalue weighted by molar-refractivity contribution is 0.881. The minimum absolute atomic E-state index is 0.588. The van der Waals surface area contributed by atoms with Gasteiger partial charge in [0.05, 0.1) is 9.75 Å². The number of rotatable bonds is 2. The maximum Gasteiger partial charge on any atom is 0.213 e. The quantitative estimate of drug-likeness (QED) is 0.719. The molecule has 3 aromatic rings. The predicted octanol–water partition coefficient (Wildman–Crippen LogP) is 3.34. The Morgan fingerprint density at radius 2 is 1.06 bits per heavy atom. The lowest BCUT2D eigenvalue weighted by atomic mass is 10.4. The SMILES string of the molecule is Cc1ccc(-c2nnc(-c3ccc(C)s3)nn2)s1. The van der Waals surface area contributed by atoms with Crippen LogP contribution in [0.2, 0.25) is 0 Å². The molecule has 4 nitrogen and oxygen atoms in total. The zero-order valence-corrected chi connectivity index (χ0v) is 11.5. The summed E-state index contributed by atoms with van der Waals surface area (Å²) in [6.07, 6.45) is 0. The van der Waals surface area contributed by atoms with Crippen LogP contribution in [0.15, 0.2) is 24.3 Å². The second-order valence-electron chi connectivity index (χ2n) is 3.87. The van der Waals surface area contributed by atoms with Crippen molar-refractivity contribution in [2.24, 2.45) is 0 Å². The van der Waals surface area contributed by atoms with Gasteiger partial charge in [0.25, 0.3) is 0 Å². The Morgan fingerprint density at radius 3 is 1.33 bits per heavy atom. The van der Waals surface area contributed by atoms with Crippen molar-refractivity contribution in [3.05, 3.63) is 34.0 Å². The van der Waals surface area contributed by atoms with Gasteiger partial charge in [-0.1, -0.05) is 0 Å². The molecule has 3 aromatic heterocycles. The molecule has 0 spiro atoms. The molecule has 0 atom stereocenters. The number of aromatic nitrogens is 4. The van der Waals surface area contributed by atoms with E-state index in [9.17, 15) is 0 Å². The molecule has 0 amide bonds. The molecule has 0 unspecified atom stereocenters. The van der Waals surface area contributed by atoms with Gasteiger partial charge in [0.2, 0.25) is 11.6 Å². The van der Waals surface area contributed by atoms with Crippen molar-refractivity contribution in [2.75, 3.05) is 0 Å². The molecule has 0 saturated heterocycles. The van der Waals surface area contributed by atoms with Crippen molar-refractivity contribution in [2.45, 2.75) is 13.8 Å². The molecule has 90 valence electrons.